The fourth-order valence-corrected chi connectivity index (χ4v) is 3.27. The molecule has 0 aliphatic rings. The van der Waals surface area contributed by atoms with Gasteiger partial charge in [0, 0.05) is 11.1 Å². The summed E-state index contributed by atoms with van der Waals surface area (Å²) in [5, 5.41) is 3.78. The zero-order valence-corrected chi connectivity index (χ0v) is 13.0. The third kappa shape index (κ3) is 3.67. The molecule has 20 heavy (non-hydrogen) atoms. The van der Waals surface area contributed by atoms with E-state index >= 15 is 0 Å². The molecule has 2 heterocycles. The van der Waals surface area contributed by atoms with Crippen LogP contribution in [0.25, 0.3) is 0 Å². The Morgan fingerprint density at radius 3 is 2.90 bits per heavy atom. The Kier molecular flexibility index (Phi) is 4.90. The van der Waals surface area contributed by atoms with Crippen LogP contribution in [0.3, 0.4) is 0 Å². The number of rotatable bonds is 3. The van der Waals surface area contributed by atoms with Gasteiger partial charge in [-0.25, -0.2) is 4.98 Å². The van der Waals surface area contributed by atoms with Crippen LogP contribution in [0.1, 0.15) is 30.0 Å². The number of aromatic nitrogens is 1. The maximum absolute atomic E-state index is 12.1. The van der Waals surface area contributed by atoms with E-state index in [1.165, 1.54) is 11.3 Å². The van der Waals surface area contributed by atoms with Crippen LogP contribution in [-0.4, -0.2) is 17.4 Å². The molecule has 0 aromatic carbocycles. The minimum absolute atomic E-state index is 0.0910. The molecule has 0 atom stereocenters. The molecule has 0 spiro atoms. The molecule has 0 saturated heterocycles. The molecular weight excluding hydrogens is 290 g/mol. The van der Waals surface area contributed by atoms with Crippen LogP contribution < -0.4 is 11.1 Å². The van der Waals surface area contributed by atoms with Gasteiger partial charge in [0.25, 0.3) is 5.91 Å². The number of hydrogen-bond acceptors (Lipinski definition) is 5. The Morgan fingerprint density at radius 1 is 1.45 bits per heavy atom. The zero-order valence-electron chi connectivity index (χ0n) is 11.3. The summed E-state index contributed by atoms with van der Waals surface area (Å²) in [6, 6.07) is 1.85. The van der Waals surface area contributed by atoms with Gasteiger partial charge in [-0.2, -0.15) is 0 Å². The molecule has 2 aromatic rings. The number of amides is 1. The Balaban J connectivity index is 2.02. The second kappa shape index (κ2) is 6.66. The largest absolute Gasteiger partial charge is 0.345 e. The number of carbonyl (C=O) groups is 1. The maximum Gasteiger partial charge on any atom is 0.261 e. The van der Waals surface area contributed by atoms with Gasteiger partial charge >= 0.3 is 0 Å². The van der Waals surface area contributed by atoms with Gasteiger partial charge in [-0.1, -0.05) is 11.8 Å². The minimum atomic E-state index is -0.0910. The fraction of sp³-hybridized carbons (Fsp3) is 0.286. The molecule has 1 amide bonds. The van der Waals surface area contributed by atoms with Crippen molar-refractivity contribution in [1.29, 1.82) is 0 Å². The Morgan fingerprint density at radius 2 is 2.25 bits per heavy atom. The second-order valence-electron chi connectivity index (χ2n) is 4.18. The van der Waals surface area contributed by atoms with Crippen LogP contribution in [0.15, 0.2) is 12.3 Å². The third-order valence-corrected chi connectivity index (χ3v) is 4.58. The molecule has 0 aliphatic carbocycles. The SMILES string of the molecule is Cc1cnc(CNC(=O)c2cc(C)c(C#CCN)s2)s1. The van der Waals surface area contributed by atoms with Gasteiger partial charge in [0.1, 0.15) is 5.01 Å². The van der Waals surface area contributed by atoms with Crippen molar-refractivity contribution in [2.45, 2.75) is 20.4 Å². The summed E-state index contributed by atoms with van der Waals surface area (Å²) in [5.74, 6) is 5.69. The van der Waals surface area contributed by atoms with E-state index in [0.29, 0.717) is 18.0 Å². The highest BCUT2D eigenvalue weighted by molar-refractivity contribution is 7.14. The van der Waals surface area contributed by atoms with E-state index in [1.807, 2.05) is 26.1 Å². The molecule has 0 fully saturated rings. The monoisotopic (exact) mass is 305 g/mol. The average molecular weight is 305 g/mol. The maximum atomic E-state index is 12.1. The highest BCUT2D eigenvalue weighted by atomic mass is 32.1. The highest BCUT2D eigenvalue weighted by Crippen LogP contribution is 2.21. The number of thiazole rings is 1. The lowest BCUT2D eigenvalue weighted by Crippen LogP contribution is -2.21. The van der Waals surface area contributed by atoms with Gasteiger partial charge in [-0.05, 0) is 25.5 Å². The van der Waals surface area contributed by atoms with Crippen molar-refractivity contribution in [2.24, 2.45) is 5.73 Å². The molecule has 2 aromatic heterocycles. The molecule has 2 rings (SSSR count). The number of nitrogens with one attached hydrogen (secondary N) is 1. The van der Waals surface area contributed by atoms with Gasteiger partial charge in [-0.15, -0.1) is 22.7 Å². The Labute approximate surface area is 126 Å². The predicted octanol–water partition coefficient (Wildman–Crippen LogP) is 2.06. The second-order valence-corrected chi connectivity index (χ2v) is 6.55. The lowest BCUT2D eigenvalue weighted by molar-refractivity contribution is 0.0955. The van der Waals surface area contributed by atoms with Crippen molar-refractivity contribution in [2.75, 3.05) is 6.54 Å². The average Bonchev–Trinajstić information content (AvgIpc) is 3.00. The summed E-state index contributed by atoms with van der Waals surface area (Å²) in [6.45, 7) is 4.71. The molecule has 6 heteroatoms. The Hall–Kier alpha value is -1.68. The quantitative estimate of drug-likeness (QED) is 0.853. The van der Waals surface area contributed by atoms with E-state index in [9.17, 15) is 4.79 Å². The van der Waals surface area contributed by atoms with Crippen molar-refractivity contribution in [3.63, 3.8) is 0 Å². The van der Waals surface area contributed by atoms with Crippen molar-refractivity contribution in [3.8, 4) is 11.8 Å². The van der Waals surface area contributed by atoms with Gasteiger partial charge in [0.15, 0.2) is 0 Å². The van der Waals surface area contributed by atoms with Crippen molar-refractivity contribution < 1.29 is 4.79 Å². The predicted molar refractivity (Wildman–Crippen MR) is 83.0 cm³/mol. The first kappa shape index (κ1) is 14.7. The van der Waals surface area contributed by atoms with E-state index in [4.69, 9.17) is 5.73 Å². The van der Waals surface area contributed by atoms with E-state index in [2.05, 4.69) is 22.1 Å². The Bertz CT molecular complexity index is 676. The highest BCUT2D eigenvalue weighted by Gasteiger charge is 2.11. The van der Waals surface area contributed by atoms with Gasteiger partial charge in [0.05, 0.1) is 22.8 Å². The fourth-order valence-electron chi connectivity index (χ4n) is 1.58. The summed E-state index contributed by atoms with van der Waals surface area (Å²) in [5.41, 5.74) is 6.36. The number of carbonyl (C=O) groups excluding carboxylic acids is 1. The summed E-state index contributed by atoms with van der Waals surface area (Å²) < 4.78 is 0. The number of thiophene rings is 1. The van der Waals surface area contributed by atoms with E-state index in [0.717, 1.165) is 20.3 Å². The smallest absolute Gasteiger partial charge is 0.261 e. The van der Waals surface area contributed by atoms with E-state index < -0.39 is 0 Å². The molecule has 104 valence electrons. The van der Waals surface area contributed by atoms with Crippen molar-refractivity contribution in [3.05, 3.63) is 37.5 Å². The molecule has 0 unspecified atom stereocenters. The first-order valence-electron chi connectivity index (χ1n) is 6.09. The lowest BCUT2D eigenvalue weighted by Gasteiger charge is -1.99. The topological polar surface area (TPSA) is 68.0 Å². The normalized spacial score (nSPS) is 9.95. The molecule has 3 N–H and O–H groups in total. The van der Waals surface area contributed by atoms with Crippen LogP contribution in [0, 0.1) is 25.7 Å². The third-order valence-electron chi connectivity index (χ3n) is 2.51. The summed E-state index contributed by atoms with van der Waals surface area (Å²) in [7, 11) is 0. The van der Waals surface area contributed by atoms with Crippen LogP contribution >= 0.6 is 22.7 Å². The van der Waals surface area contributed by atoms with Crippen LogP contribution in [-0.2, 0) is 6.54 Å². The van der Waals surface area contributed by atoms with Crippen molar-refractivity contribution in [1.82, 2.24) is 10.3 Å². The van der Waals surface area contributed by atoms with E-state index in [-0.39, 0.29) is 5.91 Å². The van der Waals surface area contributed by atoms with Crippen LogP contribution in [0.4, 0.5) is 0 Å². The van der Waals surface area contributed by atoms with Gasteiger partial charge in [-0.3, -0.25) is 4.79 Å². The first-order chi connectivity index (χ1) is 9.60. The summed E-state index contributed by atoms with van der Waals surface area (Å²) >= 11 is 2.98. The van der Waals surface area contributed by atoms with Crippen molar-refractivity contribution >= 4 is 28.6 Å². The zero-order chi connectivity index (χ0) is 14.5. The van der Waals surface area contributed by atoms with Gasteiger partial charge in [0.2, 0.25) is 0 Å². The van der Waals surface area contributed by atoms with Crippen LogP contribution in [0.2, 0.25) is 0 Å². The number of nitrogens with zero attached hydrogens (tertiary/aromatic N) is 1. The minimum Gasteiger partial charge on any atom is -0.345 e. The lowest BCUT2D eigenvalue weighted by atomic mass is 10.2. The number of aryl methyl sites for hydroxylation is 2. The molecule has 0 bridgehead atoms. The molecule has 0 aliphatic heterocycles. The molecule has 4 nitrogen and oxygen atoms in total. The van der Waals surface area contributed by atoms with E-state index in [1.54, 1.807) is 11.3 Å². The number of hydrogen-bond donors (Lipinski definition) is 2. The molecule has 0 radical (unpaired) electrons. The summed E-state index contributed by atoms with van der Waals surface area (Å²) in [4.78, 5) is 19.0. The molecular formula is C14H15N3OS2. The summed E-state index contributed by atoms with van der Waals surface area (Å²) in [6.07, 6.45) is 1.81. The number of nitrogens with two attached hydrogens (primary N) is 1. The first-order valence-corrected chi connectivity index (χ1v) is 7.72. The standard InChI is InChI=1S/C14H15N3OS2/c1-9-6-12(20-11(9)4-3-5-15)14(18)17-8-13-16-7-10(2)19-13/h6-7H,5,8,15H2,1-2H3,(H,17,18). The molecule has 0 saturated carbocycles. The van der Waals surface area contributed by atoms with Crippen LogP contribution in [0.5, 0.6) is 0 Å². The van der Waals surface area contributed by atoms with Gasteiger partial charge < -0.3 is 11.1 Å².